The van der Waals surface area contributed by atoms with Crippen molar-refractivity contribution < 1.29 is 17.8 Å². The van der Waals surface area contributed by atoms with Gasteiger partial charge in [-0.15, -0.1) is 0 Å². The van der Waals surface area contributed by atoms with E-state index in [4.69, 9.17) is 9.39 Å². The standard InChI is InChI=1S/C10H15NO4S/c1-2-3-8-15-11-9-6-4-5-7-10(9)16(12,13)14/h4-7,11H,2-3,8H2,1H3,(H,12,13,14). The van der Waals surface area contributed by atoms with Crippen LogP contribution in [-0.4, -0.2) is 19.6 Å². The zero-order chi connectivity index (χ0) is 12.0. The van der Waals surface area contributed by atoms with Gasteiger partial charge in [-0.3, -0.25) is 14.9 Å². The molecule has 1 aromatic rings. The lowest BCUT2D eigenvalue weighted by Crippen LogP contribution is -2.08. The first-order valence-corrected chi connectivity index (χ1v) is 6.44. The topological polar surface area (TPSA) is 75.6 Å². The molecule has 2 N–H and O–H groups in total. The predicted octanol–water partition coefficient (Wildman–Crippen LogP) is 2.08. The third kappa shape index (κ3) is 3.80. The predicted molar refractivity (Wildman–Crippen MR) is 60.7 cm³/mol. The molecule has 0 aromatic heterocycles. The molecule has 0 fully saturated rings. The van der Waals surface area contributed by atoms with Crippen LogP contribution < -0.4 is 5.48 Å². The van der Waals surface area contributed by atoms with E-state index >= 15 is 0 Å². The van der Waals surface area contributed by atoms with Gasteiger partial charge in [-0.05, 0) is 18.6 Å². The van der Waals surface area contributed by atoms with Crippen molar-refractivity contribution in [1.82, 2.24) is 0 Å². The summed E-state index contributed by atoms with van der Waals surface area (Å²) in [6.45, 7) is 2.51. The minimum atomic E-state index is -4.22. The van der Waals surface area contributed by atoms with Crippen LogP contribution in [-0.2, 0) is 15.0 Å². The molecule has 1 aromatic carbocycles. The van der Waals surface area contributed by atoms with Crippen LogP contribution in [0, 0.1) is 0 Å². The first-order valence-electron chi connectivity index (χ1n) is 5.00. The van der Waals surface area contributed by atoms with E-state index in [1.54, 1.807) is 6.07 Å². The quantitative estimate of drug-likeness (QED) is 0.456. The minimum absolute atomic E-state index is 0.188. The molecule has 0 saturated carbocycles. The van der Waals surface area contributed by atoms with Gasteiger partial charge in [-0.2, -0.15) is 8.42 Å². The molecular formula is C10H15NO4S. The summed E-state index contributed by atoms with van der Waals surface area (Å²) in [5.41, 5.74) is 2.75. The molecule has 0 aliphatic heterocycles. The maximum absolute atomic E-state index is 11.0. The van der Waals surface area contributed by atoms with Crippen molar-refractivity contribution in [1.29, 1.82) is 0 Å². The lowest BCUT2D eigenvalue weighted by Gasteiger charge is -2.09. The fourth-order valence-electron chi connectivity index (χ4n) is 1.12. The van der Waals surface area contributed by atoms with Gasteiger partial charge in [0.25, 0.3) is 10.1 Å². The van der Waals surface area contributed by atoms with Gasteiger partial charge in [0.15, 0.2) is 0 Å². The van der Waals surface area contributed by atoms with Crippen LogP contribution >= 0.6 is 0 Å². The Hall–Kier alpha value is -1.11. The summed E-state index contributed by atoms with van der Waals surface area (Å²) in [6, 6.07) is 6.01. The molecule has 0 heterocycles. The van der Waals surface area contributed by atoms with Crippen molar-refractivity contribution >= 4 is 15.8 Å². The van der Waals surface area contributed by atoms with Crippen molar-refractivity contribution in [2.75, 3.05) is 12.1 Å². The number of hydrogen-bond acceptors (Lipinski definition) is 4. The molecular weight excluding hydrogens is 230 g/mol. The smallest absolute Gasteiger partial charge is 0.282 e. The fraction of sp³-hybridized carbons (Fsp3) is 0.400. The highest BCUT2D eigenvalue weighted by atomic mass is 32.2. The Morgan fingerprint density at radius 1 is 1.38 bits per heavy atom. The van der Waals surface area contributed by atoms with Crippen molar-refractivity contribution in [3.8, 4) is 0 Å². The van der Waals surface area contributed by atoms with E-state index in [0.717, 1.165) is 12.8 Å². The molecule has 0 amide bonds. The van der Waals surface area contributed by atoms with Crippen LogP contribution in [0.25, 0.3) is 0 Å². The highest BCUT2D eigenvalue weighted by Gasteiger charge is 2.14. The van der Waals surface area contributed by atoms with E-state index in [0.29, 0.717) is 6.61 Å². The molecule has 16 heavy (non-hydrogen) atoms. The van der Waals surface area contributed by atoms with Gasteiger partial charge in [-0.25, -0.2) is 0 Å². The van der Waals surface area contributed by atoms with Crippen molar-refractivity contribution in [2.24, 2.45) is 0 Å². The first kappa shape index (κ1) is 13.0. The van der Waals surface area contributed by atoms with Gasteiger partial charge in [0.2, 0.25) is 0 Å². The minimum Gasteiger partial charge on any atom is -0.282 e. The third-order valence-electron chi connectivity index (χ3n) is 1.95. The normalized spacial score (nSPS) is 11.4. The van der Waals surface area contributed by atoms with Gasteiger partial charge in [0, 0.05) is 0 Å². The Kier molecular flexibility index (Phi) is 4.72. The first-order chi connectivity index (χ1) is 7.55. The number of nitrogens with one attached hydrogen (secondary N) is 1. The Labute approximate surface area is 95.1 Å². The van der Waals surface area contributed by atoms with Crippen LogP contribution in [0.2, 0.25) is 0 Å². The number of benzene rings is 1. The summed E-state index contributed by atoms with van der Waals surface area (Å²) in [5, 5.41) is 0. The van der Waals surface area contributed by atoms with Gasteiger partial charge in [-0.1, -0.05) is 25.5 Å². The maximum atomic E-state index is 11.0. The van der Waals surface area contributed by atoms with Gasteiger partial charge < -0.3 is 0 Å². The van der Waals surface area contributed by atoms with E-state index in [1.165, 1.54) is 18.2 Å². The Balaban J connectivity index is 2.73. The second kappa shape index (κ2) is 5.83. The van der Waals surface area contributed by atoms with Crippen molar-refractivity contribution in [2.45, 2.75) is 24.7 Å². The molecule has 0 aliphatic rings. The monoisotopic (exact) mass is 245 g/mol. The largest absolute Gasteiger partial charge is 0.296 e. The van der Waals surface area contributed by atoms with E-state index in [2.05, 4.69) is 5.48 Å². The molecule has 0 unspecified atom stereocenters. The lowest BCUT2D eigenvalue weighted by atomic mass is 10.3. The molecule has 1 rings (SSSR count). The van der Waals surface area contributed by atoms with Crippen LogP contribution in [0.4, 0.5) is 5.69 Å². The molecule has 0 saturated heterocycles. The molecule has 0 radical (unpaired) electrons. The second-order valence-corrected chi connectivity index (χ2v) is 4.67. The fourth-order valence-corrected chi connectivity index (χ4v) is 1.76. The summed E-state index contributed by atoms with van der Waals surface area (Å²) in [7, 11) is -4.22. The van der Waals surface area contributed by atoms with Crippen LogP contribution in [0.1, 0.15) is 19.8 Å². The van der Waals surface area contributed by atoms with Crippen molar-refractivity contribution in [3.63, 3.8) is 0 Å². The van der Waals surface area contributed by atoms with Gasteiger partial charge in [0.1, 0.15) is 4.90 Å². The number of unbranched alkanes of at least 4 members (excludes halogenated alkanes) is 1. The molecule has 0 bridgehead atoms. The van der Waals surface area contributed by atoms with E-state index in [-0.39, 0.29) is 10.6 Å². The number of para-hydroxylation sites is 1. The van der Waals surface area contributed by atoms with E-state index < -0.39 is 10.1 Å². The molecule has 6 heteroatoms. The second-order valence-electron chi connectivity index (χ2n) is 3.28. The van der Waals surface area contributed by atoms with Gasteiger partial charge in [0.05, 0.1) is 12.3 Å². The highest BCUT2D eigenvalue weighted by molar-refractivity contribution is 7.86. The maximum Gasteiger partial charge on any atom is 0.296 e. The Morgan fingerprint density at radius 3 is 2.69 bits per heavy atom. The zero-order valence-corrected chi connectivity index (χ0v) is 9.83. The number of hydrogen-bond donors (Lipinski definition) is 2. The van der Waals surface area contributed by atoms with E-state index in [1.807, 2.05) is 6.92 Å². The lowest BCUT2D eigenvalue weighted by molar-refractivity contribution is 0.188. The average molecular weight is 245 g/mol. The number of rotatable bonds is 6. The highest BCUT2D eigenvalue weighted by Crippen LogP contribution is 2.20. The molecule has 90 valence electrons. The summed E-state index contributed by atoms with van der Waals surface area (Å²) in [6.07, 6.45) is 1.86. The van der Waals surface area contributed by atoms with Crippen LogP contribution in [0.5, 0.6) is 0 Å². The Morgan fingerprint density at radius 2 is 2.06 bits per heavy atom. The van der Waals surface area contributed by atoms with Crippen LogP contribution in [0.15, 0.2) is 29.2 Å². The Bertz CT molecular complexity index is 430. The number of anilines is 1. The molecule has 0 atom stereocenters. The zero-order valence-electron chi connectivity index (χ0n) is 9.01. The average Bonchev–Trinajstić information content (AvgIpc) is 2.24. The third-order valence-corrected chi connectivity index (χ3v) is 2.86. The van der Waals surface area contributed by atoms with Gasteiger partial charge >= 0.3 is 0 Å². The molecule has 0 spiro atoms. The summed E-state index contributed by atoms with van der Waals surface area (Å²) in [4.78, 5) is 4.88. The summed E-state index contributed by atoms with van der Waals surface area (Å²) >= 11 is 0. The SMILES string of the molecule is CCCCONc1ccccc1S(=O)(=O)O. The molecule has 5 nitrogen and oxygen atoms in total. The van der Waals surface area contributed by atoms with Crippen LogP contribution in [0.3, 0.4) is 0 Å². The summed E-state index contributed by atoms with van der Waals surface area (Å²) in [5.74, 6) is 0. The summed E-state index contributed by atoms with van der Waals surface area (Å²) < 4.78 is 31.0. The molecule has 0 aliphatic carbocycles. The van der Waals surface area contributed by atoms with E-state index in [9.17, 15) is 8.42 Å². The van der Waals surface area contributed by atoms with Crippen molar-refractivity contribution in [3.05, 3.63) is 24.3 Å².